The highest BCUT2D eigenvalue weighted by atomic mass is 19.1. The van der Waals surface area contributed by atoms with Gasteiger partial charge in [0.1, 0.15) is 11.6 Å². The number of benzene rings is 3. The lowest BCUT2D eigenvalue weighted by Crippen LogP contribution is -2.49. The molecule has 7 nitrogen and oxygen atoms in total. The molecular weight excluding hydrogens is 469 g/mol. The van der Waals surface area contributed by atoms with Gasteiger partial charge in [0.05, 0.1) is 17.5 Å². The minimum atomic E-state index is -0.358. The van der Waals surface area contributed by atoms with Gasteiger partial charge in [0.25, 0.3) is 0 Å². The quantitative estimate of drug-likeness (QED) is 0.336. The molecule has 2 heterocycles. The van der Waals surface area contributed by atoms with Gasteiger partial charge in [-0.2, -0.15) is 0 Å². The molecule has 1 fully saturated rings. The number of amides is 1. The Morgan fingerprint density at radius 3 is 2.68 bits per heavy atom. The van der Waals surface area contributed by atoms with Gasteiger partial charge in [-0.15, -0.1) is 0 Å². The summed E-state index contributed by atoms with van der Waals surface area (Å²) in [6.07, 6.45) is 1.65. The van der Waals surface area contributed by atoms with Crippen LogP contribution in [0.15, 0.2) is 60.8 Å². The summed E-state index contributed by atoms with van der Waals surface area (Å²) < 4.78 is 19.9. The molecule has 2 N–H and O–H groups in total. The maximum atomic E-state index is 14.0. The third kappa shape index (κ3) is 5.39. The summed E-state index contributed by atoms with van der Waals surface area (Å²) in [5, 5.41) is 7.17. The van der Waals surface area contributed by atoms with Crippen LogP contribution in [0.1, 0.15) is 19.4 Å². The molecule has 3 aromatic carbocycles. The van der Waals surface area contributed by atoms with Crippen molar-refractivity contribution in [3.8, 4) is 16.9 Å². The summed E-state index contributed by atoms with van der Waals surface area (Å²) in [7, 11) is 2.00. The summed E-state index contributed by atoms with van der Waals surface area (Å²) in [5.41, 5.74) is 4.78. The first-order chi connectivity index (χ1) is 17.8. The number of para-hydroxylation sites is 1. The van der Waals surface area contributed by atoms with Crippen molar-refractivity contribution in [3.63, 3.8) is 0 Å². The van der Waals surface area contributed by atoms with Crippen LogP contribution in [0.25, 0.3) is 22.0 Å². The zero-order valence-corrected chi connectivity index (χ0v) is 21.4. The number of aromatic nitrogens is 2. The first kappa shape index (κ1) is 24.6. The number of aryl methyl sites for hydroxylation is 1. The van der Waals surface area contributed by atoms with Crippen LogP contribution in [0, 0.1) is 18.7 Å². The first-order valence-corrected chi connectivity index (χ1v) is 12.4. The van der Waals surface area contributed by atoms with E-state index in [1.54, 1.807) is 12.3 Å². The number of anilines is 3. The van der Waals surface area contributed by atoms with E-state index in [2.05, 4.69) is 20.5 Å². The van der Waals surface area contributed by atoms with Gasteiger partial charge in [-0.25, -0.2) is 14.4 Å². The Kier molecular flexibility index (Phi) is 6.76. The third-order valence-electron chi connectivity index (χ3n) is 6.39. The minimum absolute atomic E-state index is 0.0132. The molecule has 8 heteroatoms. The number of carbonyl (C=O) groups is 1. The van der Waals surface area contributed by atoms with Gasteiger partial charge >= 0.3 is 0 Å². The molecule has 1 saturated heterocycles. The normalized spacial score (nSPS) is 14.0. The van der Waals surface area contributed by atoms with Crippen molar-refractivity contribution < 1.29 is 13.9 Å². The Balaban J connectivity index is 1.45. The van der Waals surface area contributed by atoms with Gasteiger partial charge < -0.3 is 20.3 Å². The molecule has 0 radical (unpaired) electrons. The summed E-state index contributed by atoms with van der Waals surface area (Å²) in [5.74, 6) is 0.563. The van der Waals surface area contributed by atoms with Crippen molar-refractivity contribution in [3.05, 3.63) is 72.2 Å². The number of hydrogen-bond donors (Lipinski definition) is 2. The maximum Gasteiger partial charge on any atom is 0.230 e. The van der Waals surface area contributed by atoms with Crippen molar-refractivity contribution >= 4 is 34.1 Å². The van der Waals surface area contributed by atoms with Crippen LogP contribution in [-0.2, 0) is 4.79 Å². The predicted octanol–water partition coefficient (Wildman–Crippen LogP) is 5.78. The average molecular weight is 500 g/mol. The number of nitrogens with one attached hydrogen (secondary N) is 2. The number of likely N-dealkylation sites (tertiary alicyclic amines) is 1. The average Bonchev–Trinajstić information content (AvgIpc) is 2.83. The summed E-state index contributed by atoms with van der Waals surface area (Å²) in [6, 6.07) is 16.1. The fourth-order valence-electron chi connectivity index (χ4n) is 4.47. The van der Waals surface area contributed by atoms with Gasteiger partial charge in [-0.1, -0.05) is 24.3 Å². The van der Waals surface area contributed by atoms with Crippen LogP contribution in [0.3, 0.4) is 0 Å². The van der Waals surface area contributed by atoms with Crippen LogP contribution >= 0.6 is 0 Å². The SMILES string of the molecule is Cc1ccc(Nc2ncc3cccc(-c4ccc(F)cc4OC(C)C)c3n2)cc1NC(=O)C1CN(C)C1. The number of nitrogens with zero attached hydrogens (tertiary/aromatic N) is 3. The maximum absolute atomic E-state index is 14.0. The van der Waals surface area contributed by atoms with E-state index < -0.39 is 0 Å². The third-order valence-corrected chi connectivity index (χ3v) is 6.39. The summed E-state index contributed by atoms with van der Waals surface area (Å²) >= 11 is 0. The van der Waals surface area contributed by atoms with Crippen LogP contribution in [0.2, 0.25) is 0 Å². The fraction of sp³-hybridized carbons (Fsp3) is 0.276. The summed E-state index contributed by atoms with van der Waals surface area (Å²) in [6.45, 7) is 7.32. The molecule has 37 heavy (non-hydrogen) atoms. The van der Waals surface area contributed by atoms with E-state index in [1.807, 2.05) is 64.2 Å². The molecule has 1 amide bonds. The highest BCUT2D eigenvalue weighted by Crippen LogP contribution is 2.36. The van der Waals surface area contributed by atoms with E-state index in [0.717, 1.165) is 52.1 Å². The number of fused-ring (bicyclic) bond motifs is 1. The van der Waals surface area contributed by atoms with Crippen molar-refractivity contribution in [1.82, 2.24) is 14.9 Å². The van der Waals surface area contributed by atoms with Crippen molar-refractivity contribution in [2.45, 2.75) is 26.9 Å². The molecule has 1 aliphatic heterocycles. The van der Waals surface area contributed by atoms with Crippen molar-refractivity contribution in [1.29, 1.82) is 0 Å². The lowest BCUT2D eigenvalue weighted by Gasteiger charge is -2.35. The molecule has 0 bridgehead atoms. The van der Waals surface area contributed by atoms with Gasteiger partial charge in [-0.05, 0) is 57.6 Å². The van der Waals surface area contributed by atoms with Crippen LogP contribution in [0.4, 0.5) is 21.7 Å². The Morgan fingerprint density at radius 1 is 1.11 bits per heavy atom. The molecule has 5 rings (SSSR count). The molecule has 4 aromatic rings. The number of rotatable bonds is 7. The number of ether oxygens (including phenoxy) is 1. The van der Waals surface area contributed by atoms with E-state index in [-0.39, 0.29) is 23.7 Å². The largest absolute Gasteiger partial charge is 0.490 e. The van der Waals surface area contributed by atoms with Crippen LogP contribution < -0.4 is 15.4 Å². The van der Waals surface area contributed by atoms with Gasteiger partial charge in [-0.3, -0.25) is 4.79 Å². The lowest BCUT2D eigenvalue weighted by molar-refractivity contribution is -0.124. The van der Waals surface area contributed by atoms with E-state index in [9.17, 15) is 9.18 Å². The molecule has 190 valence electrons. The van der Waals surface area contributed by atoms with Gasteiger partial charge in [0, 0.05) is 53.2 Å². The first-order valence-electron chi connectivity index (χ1n) is 12.4. The molecule has 0 unspecified atom stereocenters. The monoisotopic (exact) mass is 499 g/mol. The molecule has 1 aromatic heterocycles. The topological polar surface area (TPSA) is 79.4 Å². The molecule has 0 atom stereocenters. The van der Waals surface area contributed by atoms with Crippen LogP contribution in [0.5, 0.6) is 5.75 Å². The number of halogens is 1. The minimum Gasteiger partial charge on any atom is -0.490 e. The second-order valence-corrected chi connectivity index (χ2v) is 9.81. The molecule has 0 aliphatic carbocycles. The molecule has 0 saturated carbocycles. The van der Waals surface area contributed by atoms with E-state index >= 15 is 0 Å². The lowest BCUT2D eigenvalue weighted by atomic mass is 10.00. The standard InChI is InChI=1S/C29H30FN5O2/c1-17(2)37-26-12-21(30)9-11-23(26)24-7-5-6-19-14-31-29(34-27(19)24)32-22-10-8-18(3)25(13-22)33-28(36)20-15-35(4)16-20/h5-14,17,20H,15-16H2,1-4H3,(H,33,36)(H,31,32,34). The van der Waals surface area contributed by atoms with Gasteiger partial charge in [0.15, 0.2) is 0 Å². The smallest absolute Gasteiger partial charge is 0.230 e. The van der Waals surface area contributed by atoms with Crippen LogP contribution in [-0.4, -0.2) is 47.0 Å². The number of carbonyl (C=O) groups excluding carboxylic acids is 1. The number of hydrogen-bond acceptors (Lipinski definition) is 6. The highest BCUT2D eigenvalue weighted by Gasteiger charge is 2.30. The fourth-order valence-corrected chi connectivity index (χ4v) is 4.47. The zero-order valence-electron chi connectivity index (χ0n) is 21.4. The molecule has 0 spiro atoms. The van der Waals surface area contributed by atoms with Crippen molar-refractivity contribution in [2.75, 3.05) is 30.8 Å². The highest BCUT2D eigenvalue weighted by molar-refractivity contribution is 5.96. The Labute approximate surface area is 215 Å². The Hall–Kier alpha value is -4.04. The summed E-state index contributed by atoms with van der Waals surface area (Å²) in [4.78, 5) is 24.0. The van der Waals surface area contributed by atoms with Crippen molar-refractivity contribution in [2.24, 2.45) is 5.92 Å². The van der Waals surface area contributed by atoms with E-state index in [4.69, 9.17) is 9.72 Å². The van der Waals surface area contributed by atoms with E-state index in [0.29, 0.717) is 11.7 Å². The van der Waals surface area contributed by atoms with E-state index in [1.165, 1.54) is 12.1 Å². The predicted molar refractivity (Wildman–Crippen MR) is 145 cm³/mol. The Morgan fingerprint density at radius 2 is 1.92 bits per heavy atom. The molecule has 1 aliphatic rings. The second-order valence-electron chi connectivity index (χ2n) is 9.81. The second kappa shape index (κ2) is 10.1. The molecular formula is C29H30FN5O2. The Bertz CT molecular complexity index is 1470. The van der Waals surface area contributed by atoms with Gasteiger partial charge in [0.2, 0.25) is 11.9 Å². The zero-order chi connectivity index (χ0) is 26.1.